The lowest BCUT2D eigenvalue weighted by molar-refractivity contribution is -0.105. The van der Waals surface area contributed by atoms with Gasteiger partial charge in [-0.2, -0.15) is 0 Å². The first kappa shape index (κ1) is 20.0. The van der Waals surface area contributed by atoms with Crippen molar-refractivity contribution >= 4 is 24.0 Å². The topological polar surface area (TPSA) is 75.6 Å². The number of anilines is 1. The van der Waals surface area contributed by atoms with Crippen molar-refractivity contribution in [3.63, 3.8) is 0 Å². The Kier molecular flexibility index (Phi) is 6.94. The monoisotopic (exact) mass is 365 g/mol. The molecule has 5 heteroatoms. The fraction of sp³-hybridized carbons (Fsp3) is 0.182. The second-order valence-corrected chi connectivity index (χ2v) is 6.22. The SMILES string of the molecule is C=CCc1cc(C=CC(=O)c2ccc(NC=O)cc2)c(OC(C)C)cc1O. The first-order valence-electron chi connectivity index (χ1n) is 8.60. The molecule has 0 aliphatic heterocycles. The summed E-state index contributed by atoms with van der Waals surface area (Å²) in [6.45, 7) is 7.47. The van der Waals surface area contributed by atoms with E-state index in [9.17, 15) is 14.7 Å². The summed E-state index contributed by atoms with van der Waals surface area (Å²) < 4.78 is 5.75. The van der Waals surface area contributed by atoms with Gasteiger partial charge >= 0.3 is 0 Å². The van der Waals surface area contributed by atoms with E-state index >= 15 is 0 Å². The summed E-state index contributed by atoms with van der Waals surface area (Å²) in [6.07, 6.45) is 5.84. The second kappa shape index (κ2) is 9.38. The molecule has 0 radical (unpaired) electrons. The minimum absolute atomic E-state index is 0.0737. The van der Waals surface area contributed by atoms with Gasteiger partial charge in [0.25, 0.3) is 0 Å². The van der Waals surface area contributed by atoms with Crippen molar-refractivity contribution in [3.8, 4) is 11.5 Å². The van der Waals surface area contributed by atoms with E-state index in [1.807, 2.05) is 13.8 Å². The van der Waals surface area contributed by atoms with E-state index in [0.717, 1.165) is 0 Å². The Morgan fingerprint density at radius 2 is 1.96 bits per heavy atom. The molecule has 0 fully saturated rings. The number of amides is 1. The fourth-order valence-electron chi connectivity index (χ4n) is 2.50. The number of carbonyl (C=O) groups excluding carboxylic acids is 2. The molecule has 0 heterocycles. The maximum atomic E-state index is 12.4. The average Bonchev–Trinajstić information content (AvgIpc) is 2.63. The number of aromatic hydroxyl groups is 1. The number of phenols is 1. The van der Waals surface area contributed by atoms with Gasteiger partial charge in [0.05, 0.1) is 6.10 Å². The van der Waals surface area contributed by atoms with Crippen molar-refractivity contribution in [2.45, 2.75) is 26.4 Å². The van der Waals surface area contributed by atoms with Gasteiger partial charge in [-0.1, -0.05) is 6.08 Å². The Hall–Kier alpha value is -3.34. The summed E-state index contributed by atoms with van der Waals surface area (Å²) in [5.41, 5.74) is 2.52. The molecule has 2 rings (SSSR count). The first-order chi connectivity index (χ1) is 12.9. The summed E-state index contributed by atoms with van der Waals surface area (Å²) in [5.74, 6) is 0.457. The summed E-state index contributed by atoms with van der Waals surface area (Å²) in [4.78, 5) is 22.8. The molecule has 0 aliphatic rings. The molecule has 0 saturated carbocycles. The molecule has 0 spiro atoms. The Labute approximate surface area is 159 Å². The van der Waals surface area contributed by atoms with E-state index < -0.39 is 0 Å². The lowest BCUT2D eigenvalue weighted by Gasteiger charge is -2.15. The molecule has 0 saturated heterocycles. The zero-order valence-electron chi connectivity index (χ0n) is 15.4. The van der Waals surface area contributed by atoms with E-state index in [1.165, 1.54) is 6.08 Å². The minimum atomic E-state index is -0.179. The van der Waals surface area contributed by atoms with Gasteiger partial charge in [-0.15, -0.1) is 6.58 Å². The van der Waals surface area contributed by atoms with Gasteiger partial charge in [-0.3, -0.25) is 9.59 Å². The molecule has 0 aromatic heterocycles. The number of allylic oxidation sites excluding steroid dienone is 2. The van der Waals surface area contributed by atoms with Crippen LogP contribution in [0.2, 0.25) is 0 Å². The van der Waals surface area contributed by atoms with E-state index in [-0.39, 0.29) is 17.6 Å². The number of rotatable bonds is 9. The van der Waals surface area contributed by atoms with Gasteiger partial charge in [0.15, 0.2) is 5.78 Å². The zero-order chi connectivity index (χ0) is 19.8. The number of nitrogens with one attached hydrogen (secondary N) is 1. The van der Waals surface area contributed by atoms with Gasteiger partial charge in [0.1, 0.15) is 11.5 Å². The molecule has 5 nitrogen and oxygen atoms in total. The van der Waals surface area contributed by atoms with Gasteiger partial charge in [0.2, 0.25) is 6.41 Å². The number of carbonyl (C=O) groups is 2. The van der Waals surface area contributed by atoms with Crippen LogP contribution < -0.4 is 10.1 Å². The van der Waals surface area contributed by atoms with Crippen molar-refractivity contribution in [2.24, 2.45) is 0 Å². The Bertz CT molecular complexity index is 851. The number of phenolic OH excluding ortho intramolecular Hbond substituents is 1. The van der Waals surface area contributed by atoms with Crippen molar-refractivity contribution < 1.29 is 19.4 Å². The molecular formula is C22H23NO4. The minimum Gasteiger partial charge on any atom is -0.508 e. The molecular weight excluding hydrogens is 342 g/mol. The first-order valence-corrected chi connectivity index (χ1v) is 8.60. The third-order valence-electron chi connectivity index (χ3n) is 3.75. The molecule has 1 amide bonds. The van der Waals surface area contributed by atoms with Crippen LogP contribution >= 0.6 is 0 Å². The zero-order valence-corrected chi connectivity index (χ0v) is 15.4. The number of hydrogen-bond donors (Lipinski definition) is 2. The Morgan fingerprint density at radius 1 is 1.26 bits per heavy atom. The lowest BCUT2D eigenvalue weighted by Crippen LogP contribution is -2.07. The van der Waals surface area contributed by atoms with Crippen molar-refractivity contribution in [3.05, 3.63) is 71.8 Å². The van der Waals surface area contributed by atoms with E-state index in [1.54, 1.807) is 48.6 Å². The molecule has 27 heavy (non-hydrogen) atoms. The van der Waals surface area contributed by atoms with Crippen LogP contribution in [-0.4, -0.2) is 23.4 Å². The fourth-order valence-corrected chi connectivity index (χ4v) is 2.50. The van der Waals surface area contributed by atoms with E-state index in [4.69, 9.17) is 4.74 Å². The maximum Gasteiger partial charge on any atom is 0.211 e. The maximum absolute atomic E-state index is 12.4. The average molecular weight is 365 g/mol. The van der Waals surface area contributed by atoms with Crippen LogP contribution in [0.4, 0.5) is 5.69 Å². The van der Waals surface area contributed by atoms with Crippen molar-refractivity contribution in [2.75, 3.05) is 5.32 Å². The third-order valence-corrected chi connectivity index (χ3v) is 3.75. The lowest BCUT2D eigenvalue weighted by atomic mass is 10.0. The number of benzene rings is 2. The van der Waals surface area contributed by atoms with Gasteiger partial charge < -0.3 is 15.2 Å². The highest BCUT2D eigenvalue weighted by Gasteiger charge is 2.10. The molecule has 0 unspecified atom stereocenters. The van der Waals surface area contributed by atoms with Gasteiger partial charge in [-0.25, -0.2) is 0 Å². The van der Waals surface area contributed by atoms with Gasteiger partial charge in [0, 0.05) is 22.9 Å². The van der Waals surface area contributed by atoms with E-state index in [0.29, 0.717) is 41.0 Å². The van der Waals surface area contributed by atoms with Gasteiger partial charge in [-0.05, 0) is 68.3 Å². The number of ether oxygens (including phenoxy) is 1. The van der Waals surface area contributed by atoms with Crippen LogP contribution in [0.5, 0.6) is 11.5 Å². The summed E-state index contributed by atoms with van der Waals surface area (Å²) in [7, 11) is 0. The largest absolute Gasteiger partial charge is 0.508 e. The molecule has 2 N–H and O–H groups in total. The van der Waals surface area contributed by atoms with Crippen LogP contribution in [0.15, 0.2) is 55.1 Å². The quantitative estimate of drug-likeness (QED) is 0.299. The van der Waals surface area contributed by atoms with Crippen LogP contribution in [0.3, 0.4) is 0 Å². The van der Waals surface area contributed by atoms with Crippen LogP contribution in [0.25, 0.3) is 6.08 Å². The smallest absolute Gasteiger partial charge is 0.211 e. The van der Waals surface area contributed by atoms with Crippen molar-refractivity contribution in [1.82, 2.24) is 0 Å². The van der Waals surface area contributed by atoms with E-state index in [2.05, 4.69) is 11.9 Å². The normalized spacial score (nSPS) is 10.8. The molecule has 2 aromatic rings. The Balaban J connectivity index is 2.29. The molecule has 0 atom stereocenters. The summed E-state index contributed by atoms with van der Waals surface area (Å²) in [6, 6.07) is 9.95. The highest BCUT2D eigenvalue weighted by molar-refractivity contribution is 6.07. The molecule has 140 valence electrons. The van der Waals surface area contributed by atoms with Crippen LogP contribution in [0, 0.1) is 0 Å². The van der Waals surface area contributed by atoms with Crippen LogP contribution in [-0.2, 0) is 11.2 Å². The number of hydrogen-bond acceptors (Lipinski definition) is 4. The van der Waals surface area contributed by atoms with Crippen molar-refractivity contribution in [1.29, 1.82) is 0 Å². The standard InChI is InChI=1S/C22H23NO4/c1-4-5-17-12-18(22(13-21(17)26)27-15(2)3)8-11-20(25)16-6-9-19(10-7-16)23-14-24/h4,6-15,26H,1,5H2,2-3H3,(H,23,24). The summed E-state index contributed by atoms with van der Waals surface area (Å²) in [5, 5.41) is 12.7. The molecule has 0 bridgehead atoms. The predicted octanol–water partition coefficient (Wildman–Crippen LogP) is 4.37. The summed E-state index contributed by atoms with van der Waals surface area (Å²) >= 11 is 0. The molecule has 0 aliphatic carbocycles. The Morgan fingerprint density at radius 3 is 2.56 bits per heavy atom. The molecule has 2 aromatic carbocycles. The van der Waals surface area contributed by atoms with Crippen LogP contribution in [0.1, 0.15) is 35.3 Å². The third kappa shape index (κ3) is 5.57. The highest BCUT2D eigenvalue weighted by Crippen LogP contribution is 2.31. The second-order valence-electron chi connectivity index (χ2n) is 6.22. The number of ketones is 1. The predicted molar refractivity (Wildman–Crippen MR) is 107 cm³/mol. The highest BCUT2D eigenvalue weighted by atomic mass is 16.5.